The van der Waals surface area contributed by atoms with Crippen molar-refractivity contribution in [2.45, 2.75) is 6.67 Å². The molecule has 4 nitrogen and oxygen atoms in total. The van der Waals surface area contributed by atoms with E-state index in [1.54, 1.807) is 0 Å². The van der Waals surface area contributed by atoms with E-state index >= 15 is 0 Å². The fraction of sp³-hybridized carbons (Fsp3) is 0.417. The molecule has 2 aromatic rings. The van der Waals surface area contributed by atoms with Crippen molar-refractivity contribution < 1.29 is 4.74 Å². The molecule has 1 aromatic carbocycles. The third kappa shape index (κ3) is 2.13. The summed E-state index contributed by atoms with van der Waals surface area (Å²) in [4.78, 5) is 14.3. The van der Waals surface area contributed by atoms with Gasteiger partial charge in [-0.1, -0.05) is 23.5 Å². The van der Waals surface area contributed by atoms with Crippen LogP contribution in [-0.2, 0) is 11.4 Å². The average molecular weight is 250 g/mol. The summed E-state index contributed by atoms with van der Waals surface area (Å²) in [6.07, 6.45) is 0. The van der Waals surface area contributed by atoms with Crippen LogP contribution in [-0.4, -0.2) is 35.8 Å². The highest BCUT2D eigenvalue weighted by Crippen LogP contribution is 2.16. The van der Waals surface area contributed by atoms with E-state index in [4.69, 9.17) is 4.74 Å². The first-order valence-electron chi connectivity index (χ1n) is 5.73. The third-order valence-corrected chi connectivity index (χ3v) is 3.98. The molecule has 3 rings (SSSR count). The largest absolute Gasteiger partial charge is 0.379 e. The molecule has 1 aliphatic heterocycles. The number of rotatable bonds is 2. The summed E-state index contributed by atoms with van der Waals surface area (Å²) in [7, 11) is 0. The van der Waals surface area contributed by atoms with Gasteiger partial charge in [-0.05, 0) is 12.1 Å². The molecule has 0 amide bonds. The number of para-hydroxylation sites is 1. The monoisotopic (exact) mass is 250 g/mol. The summed E-state index contributed by atoms with van der Waals surface area (Å²) in [5, 5.41) is 0. The zero-order chi connectivity index (χ0) is 11.7. The van der Waals surface area contributed by atoms with Crippen molar-refractivity contribution in [2.24, 2.45) is 0 Å². The molecule has 0 radical (unpaired) electrons. The zero-order valence-electron chi connectivity index (χ0n) is 9.46. The van der Waals surface area contributed by atoms with Crippen LogP contribution in [0.1, 0.15) is 0 Å². The van der Waals surface area contributed by atoms with Crippen LogP contribution in [0.3, 0.4) is 0 Å². The Hall–Kier alpha value is -1.17. The van der Waals surface area contributed by atoms with Crippen molar-refractivity contribution in [2.75, 3.05) is 26.3 Å². The van der Waals surface area contributed by atoms with Crippen LogP contribution in [0.15, 0.2) is 29.1 Å². The van der Waals surface area contributed by atoms with Crippen LogP contribution in [0.5, 0.6) is 0 Å². The van der Waals surface area contributed by atoms with Crippen molar-refractivity contribution in [3.63, 3.8) is 0 Å². The lowest BCUT2D eigenvalue weighted by atomic mass is 10.3. The minimum Gasteiger partial charge on any atom is -0.379 e. The first-order chi connectivity index (χ1) is 8.34. The standard InChI is InChI=1S/C12H14N2O2S/c15-12-14(9-13-5-7-16-8-6-13)10-3-1-2-4-11(10)17-12/h1-4H,5-9H2. The predicted octanol–water partition coefficient (Wildman–Crippen LogP) is 1.35. The van der Waals surface area contributed by atoms with E-state index in [1.807, 2.05) is 28.8 Å². The Balaban J connectivity index is 1.93. The van der Waals surface area contributed by atoms with Gasteiger partial charge in [0.15, 0.2) is 0 Å². The van der Waals surface area contributed by atoms with Crippen LogP contribution < -0.4 is 4.87 Å². The quantitative estimate of drug-likeness (QED) is 0.807. The molecule has 0 N–H and O–H groups in total. The van der Waals surface area contributed by atoms with Gasteiger partial charge in [0.25, 0.3) is 0 Å². The van der Waals surface area contributed by atoms with E-state index < -0.39 is 0 Å². The molecule has 0 saturated carbocycles. The van der Waals surface area contributed by atoms with Crippen LogP contribution >= 0.6 is 11.3 Å². The molecule has 0 atom stereocenters. The molecule has 1 saturated heterocycles. The second kappa shape index (κ2) is 4.60. The fourth-order valence-electron chi connectivity index (χ4n) is 2.09. The van der Waals surface area contributed by atoms with E-state index in [2.05, 4.69) is 4.90 Å². The zero-order valence-corrected chi connectivity index (χ0v) is 10.3. The Morgan fingerprint density at radius 1 is 1.24 bits per heavy atom. The van der Waals surface area contributed by atoms with E-state index in [-0.39, 0.29) is 4.87 Å². The average Bonchev–Trinajstić information content (AvgIpc) is 2.68. The Labute approximate surface area is 103 Å². The van der Waals surface area contributed by atoms with Gasteiger partial charge in [0, 0.05) is 13.1 Å². The second-order valence-corrected chi connectivity index (χ2v) is 5.13. The van der Waals surface area contributed by atoms with Gasteiger partial charge < -0.3 is 4.74 Å². The van der Waals surface area contributed by atoms with Crippen molar-refractivity contribution in [1.29, 1.82) is 0 Å². The van der Waals surface area contributed by atoms with Crippen molar-refractivity contribution >= 4 is 21.6 Å². The normalized spacial score (nSPS) is 17.6. The van der Waals surface area contributed by atoms with E-state index in [1.165, 1.54) is 11.3 Å². The molecule has 1 aliphatic rings. The number of fused-ring (bicyclic) bond motifs is 1. The van der Waals surface area contributed by atoms with Crippen LogP contribution in [0.25, 0.3) is 10.2 Å². The SMILES string of the molecule is O=c1sc2ccccc2n1CN1CCOCC1. The summed E-state index contributed by atoms with van der Waals surface area (Å²) in [6, 6.07) is 7.95. The third-order valence-electron chi connectivity index (χ3n) is 3.02. The van der Waals surface area contributed by atoms with E-state index in [9.17, 15) is 4.79 Å². The number of nitrogens with zero attached hydrogens (tertiary/aromatic N) is 2. The minimum atomic E-state index is 0.123. The van der Waals surface area contributed by atoms with Gasteiger partial charge in [-0.25, -0.2) is 0 Å². The lowest BCUT2D eigenvalue weighted by Crippen LogP contribution is -2.39. The van der Waals surface area contributed by atoms with Gasteiger partial charge >= 0.3 is 4.87 Å². The molecule has 0 unspecified atom stereocenters. The number of thiazole rings is 1. The molecule has 0 aliphatic carbocycles. The molecule has 1 fully saturated rings. The Morgan fingerprint density at radius 3 is 2.82 bits per heavy atom. The minimum absolute atomic E-state index is 0.123. The van der Waals surface area contributed by atoms with Crippen LogP contribution in [0.2, 0.25) is 0 Å². The molecule has 17 heavy (non-hydrogen) atoms. The van der Waals surface area contributed by atoms with Gasteiger partial charge in [0.05, 0.1) is 30.1 Å². The molecule has 0 spiro atoms. The van der Waals surface area contributed by atoms with Gasteiger partial charge in [-0.2, -0.15) is 0 Å². The number of aromatic nitrogens is 1. The maximum Gasteiger partial charge on any atom is 0.309 e. The van der Waals surface area contributed by atoms with Gasteiger partial charge in [0.2, 0.25) is 0 Å². The topological polar surface area (TPSA) is 34.5 Å². The lowest BCUT2D eigenvalue weighted by molar-refractivity contribution is 0.0238. The molecular formula is C12H14N2O2S. The summed E-state index contributed by atoms with van der Waals surface area (Å²) in [6.45, 7) is 3.99. The highest BCUT2D eigenvalue weighted by Gasteiger charge is 2.13. The van der Waals surface area contributed by atoms with Crippen LogP contribution in [0.4, 0.5) is 0 Å². The number of benzene rings is 1. The summed E-state index contributed by atoms with van der Waals surface area (Å²) in [5.41, 5.74) is 1.04. The summed E-state index contributed by atoms with van der Waals surface area (Å²) >= 11 is 1.32. The van der Waals surface area contributed by atoms with E-state index in [0.29, 0.717) is 6.67 Å². The highest BCUT2D eigenvalue weighted by atomic mass is 32.1. The molecule has 0 bridgehead atoms. The van der Waals surface area contributed by atoms with Crippen molar-refractivity contribution in [3.05, 3.63) is 33.9 Å². The lowest BCUT2D eigenvalue weighted by Gasteiger charge is -2.26. The smallest absolute Gasteiger partial charge is 0.309 e. The highest BCUT2D eigenvalue weighted by molar-refractivity contribution is 7.16. The summed E-state index contributed by atoms with van der Waals surface area (Å²) in [5.74, 6) is 0. The maximum absolute atomic E-state index is 11.9. The van der Waals surface area contributed by atoms with Crippen LogP contribution in [0, 0.1) is 0 Å². The fourth-order valence-corrected chi connectivity index (χ4v) is 2.97. The Morgan fingerprint density at radius 2 is 2.00 bits per heavy atom. The molecule has 90 valence electrons. The second-order valence-electron chi connectivity index (χ2n) is 4.14. The van der Waals surface area contributed by atoms with Crippen molar-refractivity contribution in [1.82, 2.24) is 9.47 Å². The predicted molar refractivity (Wildman–Crippen MR) is 68.5 cm³/mol. The first kappa shape index (κ1) is 11.0. The van der Waals surface area contributed by atoms with E-state index in [0.717, 1.165) is 36.5 Å². The molecular weight excluding hydrogens is 236 g/mol. The van der Waals surface area contributed by atoms with Gasteiger partial charge in [-0.15, -0.1) is 0 Å². The number of hydrogen-bond donors (Lipinski definition) is 0. The maximum atomic E-state index is 11.9. The number of morpholine rings is 1. The number of hydrogen-bond acceptors (Lipinski definition) is 4. The van der Waals surface area contributed by atoms with Gasteiger partial charge in [-0.3, -0.25) is 14.3 Å². The molecule has 1 aromatic heterocycles. The number of ether oxygens (including phenoxy) is 1. The molecule has 5 heteroatoms. The Bertz CT molecular complexity index is 569. The van der Waals surface area contributed by atoms with Crippen molar-refractivity contribution in [3.8, 4) is 0 Å². The first-order valence-corrected chi connectivity index (χ1v) is 6.55. The van der Waals surface area contributed by atoms with Gasteiger partial charge in [0.1, 0.15) is 0 Å². The Kier molecular flexibility index (Phi) is 2.96. The molecule has 2 heterocycles. The summed E-state index contributed by atoms with van der Waals surface area (Å²) < 4.78 is 8.22.